The van der Waals surface area contributed by atoms with Gasteiger partial charge in [0, 0.05) is 6.54 Å². The predicted octanol–water partition coefficient (Wildman–Crippen LogP) is -1.91. The van der Waals surface area contributed by atoms with Crippen LogP contribution in [0, 0.1) is 5.92 Å². The number of guanidine groups is 1. The van der Waals surface area contributed by atoms with Crippen LogP contribution in [0.1, 0.15) is 46.5 Å². The molecule has 0 saturated carbocycles. The lowest BCUT2D eigenvalue weighted by atomic mass is 9.97. The fourth-order valence-corrected chi connectivity index (χ4v) is 3.44. The zero-order valence-electron chi connectivity index (χ0n) is 20.8. The monoisotopic (exact) mass is 519 g/mol. The van der Waals surface area contributed by atoms with Crippen molar-refractivity contribution in [3.05, 3.63) is 0 Å². The largest absolute Gasteiger partial charge is 0.480 e. The summed E-state index contributed by atoms with van der Waals surface area (Å²) in [7, 11) is 0. The molecular formula is C21H41N7O6S. The number of carboxylic acid groups (broad SMARTS) is 1. The highest BCUT2D eigenvalue weighted by Crippen LogP contribution is 2.11. The van der Waals surface area contributed by atoms with Crippen molar-refractivity contribution in [3.8, 4) is 0 Å². The van der Waals surface area contributed by atoms with Crippen molar-refractivity contribution in [2.75, 3.05) is 18.6 Å². The fourth-order valence-electron chi connectivity index (χ4n) is 2.97. The molecule has 0 rings (SSSR count). The standard InChI is InChI=1S/C21H41N7O6S/c1-5-11(2)16(19(32)27-14(20(33)34)8-10-35-4)28-17(30)13(7-6-9-25-21(23)24)26-18(31)15(22)12(3)29/h11-16,29H,5-10,22H2,1-4H3,(H,26,31)(H,27,32)(H,28,30)(H,33,34)(H4,23,24,25). The van der Waals surface area contributed by atoms with Gasteiger partial charge in [0.25, 0.3) is 0 Å². The molecule has 3 amide bonds. The third kappa shape index (κ3) is 12.6. The smallest absolute Gasteiger partial charge is 0.326 e. The Balaban J connectivity index is 5.62. The molecule has 0 fully saturated rings. The quantitative estimate of drug-likeness (QED) is 0.0602. The number of aliphatic imine (C=N–C) groups is 1. The van der Waals surface area contributed by atoms with Crippen LogP contribution in [0.25, 0.3) is 0 Å². The van der Waals surface area contributed by atoms with Crippen molar-refractivity contribution in [1.82, 2.24) is 16.0 Å². The molecular weight excluding hydrogens is 478 g/mol. The molecule has 0 spiro atoms. The van der Waals surface area contributed by atoms with E-state index in [9.17, 15) is 29.4 Å². The van der Waals surface area contributed by atoms with Crippen LogP contribution in [-0.2, 0) is 19.2 Å². The number of amides is 3. The highest BCUT2D eigenvalue weighted by molar-refractivity contribution is 7.98. The summed E-state index contributed by atoms with van der Waals surface area (Å²) in [5, 5.41) is 26.7. The van der Waals surface area contributed by atoms with E-state index in [1.807, 2.05) is 13.2 Å². The number of carboxylic acids is 1. The van der Waals surface area contributed by atoms with E-state index in [0.29, 0.717) is 18.6 Å². The third-order valence-corrected chi connectivity index (χ3v) is 6.06. The second-order valence-electron chi connectivity index (χ2n) is 8.33. The molecule has 0 radical (unpaired) electrons. The van der Waals surface area contributed by atoms with Gasteiger partial charge in [-0.05, 0) is 44.1 Å². The lowest BCUT2D eigenvalue weighted by Gasteiger charge is -2.28. The molecule has 0 aliphatic heterocycles. The van der Waals surface area contributed by atoms with Crippen LogP contribution in [0.4, 0.5) is 0 Å². The van der Waals surface area contributed by atoms with Gasteiger partial charge in [0.2, 0.25) is 17.7 Å². The SMILES string of the molecule is CCC(C)C(NC(=O)C(CCCN=C(N)N)NC(=O)C(N)C(C)O)C(=O)NC(CCSC)C(=O)O. The van der Waals surface area contributed by atoms with Crippen molar-refractivity contribution in [1.29, 1.82) is 0 Å². The van der Waals surface area contributed by atoms with E-state index in [2.05, 4.69) is 20.9 Å². The van der Waals surface area contributed by atoms with Gasteiger partial charge in [-0.15, -0.1) is 0 Å². The van der Waals surface area contributed by atoms with Gasteiger partial charge in [-0.3, -0.25) is 19.4 Å². The molecule has 14 heteroatoms. The zero-order valence-corrected chi connectivity index (χ0v) is 21.6. The predicted molar refractivity (Wildman–Crippen MR) is 135 cm³/mol. The van der Waals surface area contributed by atoms with Gasteiger partial charge >= 0.3 is 5.97 Å². The molecule has 6 unspecified atom stereocenters. The summed E-state index contributed by atoms with van der Waals surface area (Å²) in [6.45, 7) is 5.13. The molecule has 35 heavy (non-hydrogen) atoms. The first kappa shape index (κ1) is 32.4. The van der Waals surface area contributed by atoms with E-state index in [0.717, 1.165) is 0 Å². The summed E-state index contributed by atoms with van der Waals surface area (Å²) in [5.41, 5.74) is 16.3. The van der Waals surface area contributed by atoms with Crippen molar-refractivity contribution in [2.24, 2.45) is 28.1 Å². The highest BCUT2D eigenvalue weighted by Gasteiger charge is 2.33. The van der Waals surface area contributed by atoms with Crippen LogP contribution in [0.5, 0.6) is 0 Å². The molecule has 0 aliphatic rings. The molecule has 6 atom stereocenters. The average molecular weight is 520 g/mol. The van der Waals surface area contributed by atoms with Crippen LogP contribution >= 0.6 is 11.8 Å². The average Bonchev–Trinajstić information content (AvgIpc) is 2.79. The Morgan fingerprint density at radius 3 is 2.06 bits per heavy atom. The van der Waals surface area contributed by atoms with Crippen molar-refractivity contribution >= 4 is 41.4 Å². The van der Waals surface area contributed by atoms with Gasteiger partial charge in [-0.25, -0.2) is 4.79 Å². The Hall–Kier alpha value is -2.58. The zero-order chi connectivity index (χ0) is 27.1. The third-order valence-electron chi connectivity index (χ3n) is 5.42. The lowest BCUT2D eigenvalue weighted by Crippen LogP contribution is -2.59. The van der Waals surface area contributed by atoms with E-state index in [4.69, 9.17) is 17.2 Å². The first-order chi connectivity index (χ1) is 16.3. The number of nitrogens with two attached hydrogens (primary N) is 3. The van der Waals surface area contributed by atoms with Crippen LogP contribution in [-0.4, -0.2) is 88.7 Å². The number of carbonyl (C=O) groups excluding carboxylic acids is 3. The topological polar surface area (TPSA) is 235 Å². The minimum Gasteiger partial charge on any atom is -0.480 e. The maximum atomic E-state index is 13.1. The number of hydrogen-bond donors (Lipinski definition) is 8. The second-order valence-corrected chi connectivity index (χ2v) is 9.31. The number of rotatable bonds is 17. The minimum atomic E-state index is -1.26. The van der Waals surface area contributed by atoms with Gasteiger partial charge in [0.1, 0.15) is 24.2 Å². The van der Waals surface area contributed by atoms with E-state index in [-0.39, 0.29) is 31.3 Å². The van der Waals surface area contributed by atoms with Gasteiger partial charge < -0.3 is 43.4 Å². The molecule has 0 aliphatic carbocycles. The van der Waals surface area contributed by atoms with Gasteiger partial charge in [0.05, 0.1) is 6.10 Å². The Morgan fingerprint density at radius 1 is 0.971 bits per heavy atom. The number of aliphatic hydroxyl groups is 1. The van der Waals surface area contributed by atoms with E-state index >= 15 is 0 Å². The van der Waals surface area contributed by atoms with Gasteiger partial charge in [-0.1, -0.05) is 20.3 Å². The molecule has 0 aromatic heterocycles. The first-order valence-corrected chi connectivity index (χ1v) is 12.9. The molecule has 202 valence electrons. The molecule has 0 aromatic carbocycles. The lowest BCUT2D eigenvalue weighted by molar-refractivity contribution is -0.142. The minimum absolute atomic E-state index is 0.117. The number of hydrogen-bond acceptors (Lipinski definition) is 8. The van der Waals surface area contributed by atoms with E-state index < -0.39 is 54.0 Å². The number of thioether (sulfide) groups is 1. The van der Waals surface area contributed by atoms with Crippen LogP contribution < -0.4 is 33.2 Å². The van der Waals surface area contributed by atoms with E-state index in [1.165, 1.54) is 18.7 Å². The van der Waals surface area contributed by atoms with Crippen LogP contribution in [0.15, 0.2) is 4.99 Å². The Bertz CT molecular complexity index is 733. The maximum absolute atomic E-state index is 13.1. The summed E-state index contributed by atoms with van der Waals surface area (Å²) < 4.78 is 0. The Morgan fingerprint density at radius 2 is 1.57 bits per heavy atom. The summed E-state index contributed by atoms with van der Waals surface area (Å²) in [6, 6.07) is -4.49. The summed E-state index contributed by atoms with van der Waals surface area (Å²) in [4.78, 5) is 53.8. The number of nitrogens with zero attached hydrogens (tertiary/aromatic N) is 1. The second kappa shape index (κ2) is 16.9. The normalized spacial score (nSPS) is 16.1. The number of aliphatic hydroxyl groups excluding tert-OH is 1. The fraction of sp³-hybridized carbons (Fsp3) is 0.762. The molecule has 0 heterocycles. The van der Waals surface area contributed by atoms with Crippen LogP contribution in [0.2, 0.25) is 0 Å². The first-order valence-electron chi connectivity index (χ1n) is 11.5. The summed E-state index contributed by atoms with van der Waals surface area (Å²) in [6.07, 6.45) is 1.89. The van der Waals surface area contributed by atoms with Crippen molar-refractivity contribution < 1.29 is 29.4 Å². The molecule has 0 bridgehead atoms. The molecule has 0 saturated heterocycles. The van der Waals surface area contributed by atoms with Gasteiger partial charge in [-0.2, -0.15) is 11.8 Å². The number of aliphatic carboxylic acids is 1. The molecule has 11 N–H and O–H groups in total. The van der Waals surface area contributed by atoms with Crippen molar-refractivity contribution in [2.45, 2.75) is 76.7 Å². The molecule has 13 nitrogen and oxygen atoms in total. The maximum Gasteiger partial charge on any atom is 0.326 e. The summed E-state index contributed by atoms with van der Waals surface area (Å²) >= 11 is 1.45. The highest BCUT2D eigenvalue weighted by atomic mass is 32.2. The van der Waals surface area contributed by atoms with Crippen LogP contribution in [0.3, 0.4) is 0 Å². The number of nitrogens with one attached hydrogen (secondary N) is 3. The Kier molecular flexibility index (Phi) is 15.7. The van der Waals surface area contributed by atoms with E-state index in [1.54, 1.807) is 6.92 Å². The summed E-state index contributed by atoms with van der Waals surface area (Å²) in [5.74, 6) is -3.11. The molecule has 0 aromatic rings. The number of carbonyl (C=O) groups is 4. The van der Waals surface area contributed by atoms with Crippen molar-refractivity contribution in [3.63, 3.8) is 0 Å². The van der Waals surface area contributed by atoms with Gasteiger partial charge in [0.15, 0.2) is 5.96 Å². The Labute approximate surface area is 210 Å².